The van der Waals surface area contributed by atoms with E-state index >= 15 is 0 Å². The molecule has 0 bridgehead atoms. The summed E-state index contributed by atoms with van der Waals surface area (Å²) in [5.74, 6) is 1.83. The topological polar surface area (TPSA) is 68.3 Å². The molecular weight excluding hydrogens is 388 g/mol. The lowest BCUT2D eigenvalue weighted by Crippen LogP contribution is -1.93. The molecule has 0 saturated carbocycles. The van der Waals surface area contributed by atoms with E-state index < -0.39 is 0 Å². The van der Waals surface area contributed by atoms with Gasteiger partial charge in [-0.1, -0.05) is 0 Å². The third-order valence-electron chi connectivity index (χ3n) is 2.58. The molecule has 2 aromatic rings. The van der Waals surface area contributed by atoms with Gasteiger partial charge in [0.15, 0.2) is 0 Å². The molecular formula is C14H10Br2N2O2. The van der Waals surface area contributed by atoms with Crippen LogP contribution in [0.5, 0.6) is 17.2 Å². The molecule has 102 valence electrons. The Bertz CT molecular complexity index is 696. The van der Waals surface area contributed by atoms with Gasteiger partial charge in [-0.2, -0.15) is 5.26 Å². The van der Waals surface area contributed by atoms with Crippen molar-refractivity contribution in [1.29, 1.82) is 5.26 Å². The summed E-state index contributed by atoms with van der Waals surface area (Å²) in [7, 11) is 1.59. The van der Waals surface area contributed by atoms with Gasteiger partial charge in [-0.25, -0.2) is 0 Å². The monoisotopic (exact) mass is 396 g/mol. The van der Waals surface area contributed by atoms with E-state index in [9.17, 15) is 0 Å². The standard InChI is InChI=1S/C14H10Br2N2O2/c1-19-13-5-11(16)14(6-10(13)15)20-9-2-3-12(18)8(4-9)7-17/h2-6H,18H2,1H3. The molecule has 0 heterocycles. The van der Waals surface area contributed by atoms with Gasteiger partial charge >= 0.3 is 0 Å². The number of nitrogens with two attached hydrogens (primary N) is 1. The summed E-state index contributed by atoms with van der Waals surface area (Å²) in [5.41, 5.74) is 6.48. The third kappa shape index (κ3) is 3.06. The van der Waals surface area contributed by atoms with Crippen LogP contribution in [0, 0.1) is 11.3 Å². The lowest BCUT2D eigenvalue weighted by Gasteiger charge is -2.11. The maximum Gasteiger partial charge on any atom is 0.143 e. The van der Waals surface area contributed by atoms with Crippen molar-refractivity contribution < 1.29 is 9.47 Å². The second-order valence-electron chi connectivity index (χ2n) is 3.88. The normalized spacial score (nSPS) is 9.90. The number of halogens is 2. The Kier molecular flexibility index (Phi) is 4.53. The van der Waals surface area contributed by atoms with Crippen molar-refractivity contribution in [3.05, 3.63) is 44.8 Å². The Morgan fingerprint density at radius 3 is 2.40 bits per heavy atom. The molecule has 0 radical (unpaired) electrons. The average Bonchev–Trinajstić information content (AvgIpc) is 2.44. The van der Waals surface area contributed by atoms with Gasteiger partial charge < -0.3 is 15.2 Å². The number of anilines is 1. The summed E-state index contributed by atoms with van der Waals surface area (Å²) in [6, 6.07) is 10.5. The number of benzene rings is 2. The lowest BCUT2D eigenvalue weighted by molar-refractivity contribution is 0.409. The summed E-state index contributed by atoms with van der Waals surface area (Å²) in [4.78, 5) is 0. The zero-order valence-electron chi connectivity index (χ0n) is 10.5. The summed E-state index contributed by atoms with van der Waals surface area (Å²) in [6.45, 7) is 0. The molecule has 0 amide bonds. The van der Waals surface area contributed by atoms with Crippen molar-refractivity contribution in [2.24, 2.45) is 0 Å². The van der Waals surface area contributed by atoms with Crippen LogP contribution in [0.3, 0.4) is 0 Å². The van der Waals surface area contributed by atoms with E-state index in [1.165, 1.54) is 0 Å². The van der Waals surface area contributed by atoms with Crippen molar-refractivity contribution in [2.75, 3.05) is 12.8 Å². The van der Waals surface area contributed by atoms with E-state index in [4.69, 9.17) is 20.5 Å². The van der Waals surface area contributed by atoms with Crippen LogP contribution in [0.25, 0.3) is 0 Å². The Hall–Kier alpha value is -1.71. The van der Waals surface area contributed by atoms with Crippen LogP contribution < -0.4 is 15.2 Å². The first-order chi connectivity index (χ1) is 9.55. The first kappa shape index (κ1) is 14.7. The minimum absolute atomic E-state index is 0.381. The van der Waals surface area contributed by atoms with E-state index in [1.807, 2.05) is 6.07 Å². The van der Waals surface area contributed by atoms with Crippen LogP contribution in [-0.2, 0) is 0 Å². The lowest BCUT2D eigenvalue weighted by atomic mass is 10.2. The second-order valence-corrected chi connectivity index (χ2v) is 5.59. The number of hydrogen-bond donors (Lipinski definition) is 1. The molecule has 0 aliphatic rings. The molecule has 0 saturated heterocycles. The van der Waals surface area contributed by atoms with Crippen LogP contribution in [0.15, 0.2) is 39.3 Å². The Morgan fingerprint density at radius 2 is 1.75 bits per heavy atom. The maximum atomic E-state index is 8.96. The van der Waals surface area contributed by atoms with Crippen LogP contribution in [0.4, 0.5) is 5.69 Å². The fraction of sp³-hybridized carbons (Fsp3) is 0.0714. The highest BCUT2D eigenvalue weighted by Crippen LogP contribution is 2.38. The van der Waals surface area contributed by atoms with Gasteiger partial charge in [-0.3, -0.25) is 0 Å². The second kappa shape index (κ2) is 6.16. The van der Waals surface area contributed by atoms with Gasteiger partial charge in [-0.15, -0.1) is 0 Å². The highest BCUT2D eigenvalue weighted by Gasteiger charge is 2.10. The third-order valence-corrected chi connectivity index (χ3v) is 3.82. The molecule has 0 spiro atoms. The molecule has 20 heavy (non-hydrogen) atoms. The van der Waals surface area contributed by atoms with Gasteiger partial charge in [-0.05, 0) is 56.1 Å². The van der Waals surface area contributed by atoms with Crippen LogP contribution >= 0.6 is 31.9 Å². The number of nitrogen functional groups attached to an aromatic ring is 1. The highest BCUT2D eigenvalue weighted by atomic mass is 79.9. The molecule has 0 aliphatic carbocycles. The Labute approximate surface area is 133 Å². The fourth-order valence-electron chi connectivity index (χ4n) is 1.57. The summed E-state index contributed by atoms with van der Waals surface area (Å²) >= 11 is 6.81. The van der Waals surface area contributed by atoms with Crippen molar-refractivity contribution >= 4 is 37.5 Å². The zero-order chi connectivity index (χ0) is 14.7. The minimum Gasteiger partial charge on any atom is -0.496 e. The number of ether oxygens (including phenoxy) is 2. The molecule has 0 aliphatic heterocycles. The van der Waals surface area contributed by atoms with Crippen molar-refractivity contribution in [3.8, 4) is 23.3 Å². The highest BCUT2D eigenvalue weighted by molar-refractivity contribution is 9.11. The number of nitrogens with zero attached hydrogens (tertiary/aromatic N) is 1. The molecule has 4 nitrogen and oxygen atoms in total. The quantitative estimate of drug-likeness (QED) is 0.776. The number of methoxy groups -OCH3 is 1. The van der Waals surface area contributed by atoms with E-state index in [0.717, 1.165) is 8.95 Å². The van der Waals surface area contributed by atoms with E-state index in [1.54, 1.807) is 37.4 Å². The molecule has 0 unspecified atom stereocenters. The van der Waals surface area contributed by atoms with Crippen molar-refractivity contribution in [3.63, 3.8) is 0 Å². The molecule has 2 N–H and O–H groups in total. The molecule has 6 heteroatoms. The van der Waals surface area contributed by atoms with E-state index in [-0.39, 0.29) is 0 Å². The van der Waals surface area contributed by atoms with Crippen LogP contribution in [0.1, 0.15) is 5.56 Å². The van der Waals surface area contributed by atoms with Gasteiger partial charge in [0.05, 0.1) is 21.6 Å². The Morgan fingerprint density at radius 1 is 1.10 bits per heavy atom. The molecule has 2 aromatic carbocycles. The summed E-state index contributed by atoms with van der Waals surface area (Å²) < 4.78 is 12.5. The number of nitriles is 1. The van der Waals surface area contributed by atoms with Gasteiger partial charge in [0.1, 0.15) is 23.3 Å². The summed E-state index contributed by atoms with van der Waals surface area (Å²) in [6.07, 6.45) is 0. The van der Waals surface area contributed by atoms with Gasteiger partial charge in [0.25, 0.3) is 0 Å². The zero-order valence-corrected chi connectivity index (χ0v) is 13.7. The molecule has 0 atom stereocenters. The van der Waals surface area contributed by atoms with E-state index in [2.05, 4.69) is 31.9 Å². The molecule has 0 fully saturated rings. The van der Waals surface area contributed by atoms with Crippen molar-refractivity contribution in [2.45, 2.75) is 0 Å². The van der Waals surface area contributed by atoms with Gasteiger partial charge in [0.2, 0.25) is 0 Å². The molecule has 0 aromatic heterocycles. The fourth-order valence-corrected chi connectivity index (χ4v) is 2.46. The maximum absolute atomic E-state index is 8.96. The number of hydrogen-bond acceptors (Lipinski definition) is 4. The van der Waals surface area contributed by atoms with Crippen LogP contribution in [-0.4, -0.2) is 7.11 Å². The minimum atomic E-state index is 0.381. The number of rotatable bonds is 3. The Balaban J connectivity index is 2.35. The smallest absolute Gasteiger partial charge is 0.143 e. The SMILES string of the molecule is COc1cc(Br)c(Oc2ccc(N)c(C#N)c2)cc1Br. The summed E-state index contributed by atoms with van der Waals surface area (Å²) in [5, 5.41) is 8.96. The van der Waals surface area contributed by atoms with Crippen molar-refractivity contribution in [1.82, 2.24) is 0 Å². The van der Waals surface area contributed by atoms with Gasteiger partial charge in [0, 0.05) is 11.8 Å². The predicted molar refractivity (Wildman–Crippen MR) is 84.0 cm³/mol. The first-order valence-corrected chi connectivity index (χ1v) is 7.14. The largest absolute Gasteiger partial charge is 0.496 e. The van der Waals surface area contributed by atoms with E-state index in [0.29, 0.717) is 28.5 Å². The molecule has 2 rings (SSSR count). The predicted octanol–water partition coefficient (Wildman–Crippen LogP) is 4.47. The first-order valence-electron chi connectivity index (χ1n) is 5.55. The average molecular weight is 398 g/mol. The van der Waals surface area contributed by atoms with Crippen LogP contribution in [0.2, 0.25) is 0 Å².